The molecule has 1 aliphatic carbocycles. The molecule has 1 aliphatic heterocycles. The van der Waals surface area contributed by atoms with E-state index in [1.165, 1.54) is 64.7 Å². The SMILES string of the molecule is CCCNC1CCC(C)CC1CN(C)CC1CCCN1C. The molecule has 0 aromatic rings. The summed E-state index contributed by atoms with van der Waals surface area (Å²) in [5.41, 5.74) is 0. The fraction of sp³-hybridized carbons (Fsp3) is 1.00. The second-order valence-corrected chi connectivity index (χ2v) is 7.74. The number of nitrogens with zero attached hydrogens (tertiary/aromatic N) is 2. The first kappa shape index (κ1) is 17.2. The van der Waals surface area contributed by atoms with Gasteiger partial charge in [0.25, 0.3) is 0 Å². The Balaban J connectivity index is 1.81. The van der Waals surface area contributed by atoms with Crippen molar-refractivity contribution < 1.29 is 0 Å². The van der Waals surface area contributed by atoms with E-state index < -0.39 is 0 Å². The van der Waals surface area contributed by atoms with Crippen molar-refractivity contribution in [1.82, 2.24) is 15.1 Å². The highest BCUT2D eigenvalue weighted by Crippen LogP contribution is 2.30. The number of likely N-dealkylation sites (N-methyl/N-ethyl adjacent to an activating group) is 2. The predicted octanol–water partition coefficient (Wildman–Crippen LogP) is 2.82. The van der Waals surface area contributed by atoms with Gasteiger partial charge in [-0.3, -0.25) is 0 Å². The van der Waals surface area contributed by atoms with Gasteiger partial charge in [0.2, 0.25) is 0 Å². The molecule has 1 heterocycles. The van der Waals surface area contributed by atoms with Crippen molar-refractivity contribution in [3.63, 3.8) is 0 Å². The number of hydrogen-bond donors (Lipinski definition) is 1. The number of hydrogen-bond acceptors (Lipinski definition) is 3. The molecule has 0 spiro atoms. The molecule has 0 bridgehead atoms. The summed E-state index contributed by atoms with van der Waals surface area (Å²) in [5, 5.41) is 3.81. The molecule has 0 radical (unpaired) electrons. The molecule has 2 aliphatic rings. The number of nitrogens with one attached hydrogen (secondary N) is 1. The van der Waals surface area contributed by atoms with Crippen LogP contribution in [0.2, 0.25) is 0 Å². The van der Waals surface area contributed by atoms with E-state index in [2.05, 4.69) is 43.1 Å². The second-order valence-electron chi connectivity index (χ2n) is 7.74. The van der Waals surface area contributed by atoms with Gasteiger partial charge in [-0.15, -0.1) is 0 Å². The molecule has 1 N–H and O–H groups in total. The van der Waals surface area contributed by atoms with Gasteiger partial charge >= 0.3 is 0 Å². The van der Waals surface area contributed by atoms with E-state index in [4.69, 9.17) is 0 Å². The number of rotatable bonds is 7. The first-order chi connectivity index (χ1) is 10.1. The molecule has 21 heavy (non-hydrogen) atoms. The Kier molecular flexibility index (Phi) is 6.97. The topological polar surface area (TPSA) is 18.5 Å². The van der Waals surface area contributed by atoms with E-state index in [-0.39, 0.29) is 0 Å². The lowest BCUT2D eigenvalue weighted by Gasteiger charge is -2.38. The number of likely N-dealkylation sites (tertiary alicyclic amines) is 1. The Morgan fingerprint density at radius 2 is 2.00 bits per heavy atom. The summed E-state index contributed by atoms with van der Waals surface area (Å²) in [4.78, 5) is 5.16. The smallest absolute Gasteiger partial charge is 0.0220 e. The highest BCUT2D eigenvalue weighted by molar-refractivity contribution is 4.86. The van der Waals surface area contributed by atoms with Crippen LogP contribution in [-0.2, 0) is 0 Å². The lowest BCUT2D eigenvalue weighted by atomic mass is 9.78. The van der Waals surface area contributed by atoms with E-state index >= 15 is 0 Å². The Hall–Kier alpha value is -0.120. The van der Waals surface area contributed by atoms with Gasteiger partial charge in [0.05, 0.1) is 0 Å². The molecular weight excluding hydrogens is 258 g/mol. The molecule has 3 heteroatoms. The van der Waals surface area contributed by atoms with Crippen molar-refractivity contribution in [2.24, 2.45) is 11.8 Å². The average molecular weight is 296 g/mol. The Morgan fingerprint density at radius 1 is 1.19 bits per heavy atom. The second kappa shape index (κ2) is 8.50. The summed E-state index contributed by atoms with van der Waals surface area (Å²) in [6, 6.07) is 1.54. The van der Waals surface area contributed by atoms with Crippen LogP contribution in [0.15, 0.2) is 0 Å². The Labute approximate surface area is 132 Å². The van der Waals surface area contributed by atoms with Gasteiger partial charge < -0.3 is 15.1 Å². The third-order valence-corrected chi connectivity index (χ3v) is 5.64. The fourth-order valence-corrected chi connectivity index (χ4v) is 4.34. The van der Waals surface area contributed by atoms with Crippen LogP contribution in [-0.4, -0.2) is 62.2 Å². The maximum absolute atomic E-state index is 3.81. The highest BCUT2D eigenvalue weighted by atomic mass is 15.2. The minimum absolute atomic E-state index is 0.755. The first-order valence-corrected chi connectivity index (χ1v) is 9.22. The maximum atomic E-state index is 3.81. The van der Waals surface area contributed by atoms with Crippen LogP contribution >= 0.6 is 0 Å². The molecule has 0 aromatic heterocycles. The summed E-state index contributed by atoms with van der Waals surface area (Å²) in [6.07, 6.45) is 8.22. The van der Waals surface area contributed by atoms with Crippen LogP contribution in [0.5, 0.6) is 0 Å². The molecule has 2 fully saturated rings. The third kappa shape index (κ3) is 5.22. The van der Waals surface area contributed by atoms with Crippen LogP contribution in [0.1, 0.15) is 52.4 Å². The van der Waals surface area contributed by atoms with Gasteiger partial charge in [-0.2, -0.15) is 0 Å². The van der Waals surface area contributed by atoms with Gasteiger partial charge in [0.15, 0.2) is 0 Å². The summed E-state index contributed by atoms with van der Waals surface area (Å²) in [5.74, 6) is 1.76. The van der Waals surface area contributed by atoms with Crippen molar-refractivity contribution in [2.45, 2.75) is 64.5 Å². The molecule has 2 rings (SSSR count). The molecule has 124 valence electrons. The summed E-state index contributed by atoms with van der Waals surface area (Å²) in [7, 11) is 4.63. The summed E-state index contributed by atoms with van der Waals surface area (Å²) in [6.45, 7) is 9.71. The van der Waals surface area contributed by atoms with Gasteiger partial charge in [-0.05, 0) is 77.5 Å². The minimum Gasteiger partial charge on any atom is -0.314 e. The van der Waals surface area contributed by atoms with E-state index in [9.17, 15) is 0 Å². The minimum atomic E-state index is 0.755. The van der Waals surface area contributed by atoms with Crippen molar-refractivity contribution in [1.29, 1.82) is 0 Å². The Bertz CT molecular complexity index is 292. The van der Waals surface area contributed by atoms with Crippen molar-refractivity contribution in [2.75, 3.05) is 40.3 Å². The molecule has 3 nitrogen and oxygen atoms in total. The molecule has 4 unspecified atom stereocenters. The third-order valence-electron chi connectivity index (χ3n) is 5.64. The summed E-state index contributed by atoms with van der Waals surface area (Å²) >= 11 is 0. The molecule has 1 saturated carbocycles. The zero-order valence-corrected chi connectivity index (χ0v) is 14.8. The van der Waals surface area contributed by atoms with Crippen molar-refractivity contribution >= 4 is 0 Å². The molecule has 0 amide bonds. The zero-order chi connectivity index (χ0) is 15.2. The quantitative estimate of drug-likeness (QED) is 0.779. The van der Waals surface area contributed by atoms with Gasteiger partial charge in [-0.1, -0.05) is 13.8 Å². The van der Waals surface area contributed by atoms with Gasteiger partial charge in [-0.25, -0.2) is 0 Å². The molecule has 4 atom stereocenters. The first-order valence-electron chi connectivity index (χ1n) is 9.22. The Morgan fingerprint density at radius 3 is 2.67 bits per heavy atom. The van der Waals surface area contributed by atoms with Gasteiger partial charge in [0.1, 0.15) is 0 Å². The van der Waals surface area contributed by atoms with Crippen LogP contribution in [0.25, 0.3) is 0 Å². The van der Waals surface area contributed by atoms with Crippen molar-refractivity contribution in [3.05, 3.63) is 0 Å². The van der Waals surface area contributed by atoms with Crippen LogP contribution in [0.4, 0.5) is 0 Å². The lowest BCUT2D eigenvalue weighted by Crippen LogP contribution is -2.47. The monoisotopic (exact) mass is 295 g/mol. The maximum Gasteiger partial charge on any atom is 0.0220 e. The lowest BCUT2D eigenvalue weighted by molar-refractivity contribution is 0.141. The zero-order valence-electron chi connectivity index (χ0n) is 14.8. The van der Waals surface area contributed by atoms with E-state index in [0.717, 1.165) is 23.9 Å². The van der Waals surface area contributed by atoms with E-state index in [1.54, 1.807) is 0 Å². The van der Waals surface area contributed by atoms with E-state index in [1.807, 2.05) is 0 Å². The summed E-state index contributed by atoms with van der Waals surface area (Å²) < 4.78 is 0. The fourth-order valence-electron chi connectivity index (χ4n) is 4.34. The van der Waals surface area contributed by atoms with Gasteiger partial charge in [0, 0.05) is 25.2 Å². The molecular formula is C18H37N3. The van der Waals surface area contributed by atoms with E-state index in [0.29, 0.717) is 0 Å². The molecule has 1 saturated heterocycles. The highest BCUT2D eigenvalue weighted by Gasteiger charge is 2.30. The van der Waals surface area contributed by atoms with Crippen molar-refractivity contribution in [3.8, 4) is 0 Å². The average Bonchev–Trinajstić information content (AvgIpc) is 2.83. The van der Waals surface area contributed by atoms with Crippen LogP contribution < -0.4 is 5.32 Å². The standard InChI is InChI=1S/C18H37N3/c1-5-10-19-18-9-8-15(2)12-16(18)13-20(3)14-17-7-6-11-21(17)4/h15-19H,5-14H2,1-4H3. The predicted molar refractivity (Wildman–Crippen MR) is 91.7 cm³/mol. The van der Waals surface area contributed by atoms with Crippen LogP contribution in [0.3, 0.4) is 0 Å². The van der Waals surface area contributed by atoms with Crippen LogP contribution in [0, 0.1) is 11.8 Å². The largest absolute Gasteiger partial charge is 0.314 e. The molecule has 0 aromatic carbocycles. The normalized spacial score (nSPS) is 34.7.